The average molecular weight is 446 g/mol. The van der Waals surface area contributed by atoms with Gasteiger partial charge in [0, 0.05) is 18.5 Å². The second-order valence-corrected chi connectivity index (χ2v) is 10.5. The molecule has 164 valence electrons. The Bertz CT molecular complexity index is 1760. The van der Waals surface area contributed by atoms with Gasteiger partial charge in [0.05, 0.1) is 11.4 Å². The standard InChI is InChI=1S/C34H23N/c1-4-10-27-20(7-1)13-23-19-32-24(17-29(23)27)18-30-33-25(14-21-8-2-5-11-28(21)33)16-26-15-22-9-3-6-12-31(22)35(32)34(26)30/h1-12,16-17,19H,13-15,18H2. The van der Waals surface area contributed by atoms with Crippen molar-refractivity contribution in [1.29, 1.82) is 0 Å². The molecule has 1 nitrogen and oxygen atoms in total. The highest BCUT2D eigenvalue weighted by molar-refractivity contribution is 5.96. The van der Waals surface area contributed by atoms with E-state index in [0.29, 0.717) is 0 Å². The van der Waals surface area contributed by atoms with Crippen molar-refractivity contribution in [2.45, 2.75) is 25.7 Å². The molecule has 2 heterocycles. The van der Waals surface area contributed by atoms with Crippen molar-refractivity contribution in [1.82, 2.24) is 0 Å². The van der Waals surface area contributed by atoms with Gasteiger partial charge in [0.25, 0.3) is 0 Å². The normalized spacial score (nSPS) is 14.9. The number of para-hydroxylation sites is 1. The molecule has 0 spiro atoms. The number of nitrogens with zero attached hydrogens (tertiary/aromatic N) is 1. The lowest BCUT2D eigenvalue weighted by Crippen LogP contribution is -2.25. The van der Waals surface area contributed by atoms with Gasteiger partial charge in [0.15, 0.2) is 0 Å². The molecule has 0 atom stereocenters. The highest BCUT2D eigenvalue weighted by Crippen LogP contribution is 2.56. The maximum atomic E-state index is 2.60. The van der Waals surface area contributed by atoms with Crippen LogP contribution in [-0.4, -0.2) is 0 Å². The summed E-state index contributed by atoms with van der Waals surface area (Å²) in [6, 6.07) is 34.5. The zero-order valence-electron chi connectivity index (χ0n) is 19.4. The Morgan fingerprint density at radius 2 is 1.11 bits per heavy atom. The molecule has 0 unspecified atom stereocenters. The molecule has 0 N–H and O–H groups in total. The highest BCUT2D eigenvalue weighted by Gasteiger charge is 2.37. The van der Waals surface area contributed by atoms with Crippen LogP contribution in [0, 0.1) is 0 Å². The molecule has 2 aliphatic heterocycles. The lowest BCUT2D eigenvalue weighted by molar-refractivity contribution is 1.01. The predicted molar refractivity (Wildman–Crippen MR) is 143 cm³/mol. The van der Waals surface area contributed by atoms with Gasteiger partial charge in [-0.3, -0.25) is 0 Å². The Hall–Kier alpha value is -4.10. The topological polar surface area (TPSA) is 3.24 Å². The Morgan fingerprint density at radius 3 is 2.00 bits per heavy atom. The van der Waals surface area contributed by atoms with E-state index in [1.165, 1.54) is 83.8 Å². The van der Waals surface area contributed by atoms with E-state index in [4.69, 9.17) is 0 Å². The minimum Gasteiger partial charge on any atom is -0.309 e. The van der Waals surface area contributed by atoms with Gasteiger partial charge in [-0.15, -0.1) is 0 Å². The maximum Gasteiger partial charge on any atom is 0.0539 e. The number of fused-ring (bicyclic) bond motifs is 11. The first-order valence-corrected chi connectivity index (χ1v) is 12.7. The first kappa shape index (κ1) is 18.3. The monoisotopic (exact) mass is 445 g/mol. The van der Waals surface area contributed by atoms with Crippen molar-refractivity contribution in [2.24, 2.45) is 0 Å². The van der Waals surface area contributed by atoms with E-state index in [0.717, 1.165) is 25.7 Å². The molecule has 5 aromatic carbocycles. The summed E-state index contributed by atoms with van der Waals surface area (Å²) in [6.07, 6.45) is 4.11. The van der Waals surface area contributed by atoms with Crippen molar-refractivity contribution in [3.8, 4) is 22.3 Å². The highest BCUT2D eigenvalue weighted by atomic mass is 15.2. The van der Waals surface area contributed by atoms with Crippen molar-refractivity contribution in [3.63, 3.8) is 0 Å². The van der Waals surface area contributed by atoms with Crippen LogP contribution in [0.25, 0.3) is 22.3 Å². The number of anilines is 3. The minimum atomic E-state index is 1.00. The van der Waals surface area contributed by atoms with Crippen LogP contribution in [0.15, 0.2) is 91.0 Å². The Labute approximate surface area is 205 Å². The van der Waals surface area contributed by atoms with Crippen LogP contribution in [0.4, 0.5) is 17.1 Å². The van der Waals surface area contributed by atoms with Crippen LogP contribution < -0.4 is 4.90 Å². The number of hydrogen-bond acceptors (Lipinski definition) is 1. The lowest BCUT2D eigenvalue weighted by Gasteiger charge is -2.40. The van der Waals surface area contributed by atoms with Gasteiger partial charge in [0.1, 0.15) is 0 Å². The summed E-state index contributed by atoms with van der Waals surface area (Å²) >= 11 is 0. The van der Waals surface area contributed by atoms with Crippen LogP contribution in [0.2, 0.25) is 0 Å². The van der Waals surface area contributed by atoms with E-state index in [2.05, 4.69) is 95.9 Å². The molecule has 5 aromatic rings. The molecule has 0 aromatic heterocycles. The molecule has 0 fully saturated rings. The van der Waals surface area contributed by atoms with Gasteiger partial charge in [0.2, 0.25) is 0 Å². The summed E-state index contributed by atoms with van der Waals surface area (Å²) in [5, 5.41) is 0. The zero-order chi connectivity index (χ0) is 22.7. The summed E-state index contributed by atoms with van der Waals surface area (Å²) in [7, 11) is 0. The SMILES string of the molecule is c1ccc2c(c1)Cc1cc3c(cc1-2)Cc1c2c(cc4c1N3c1ccccc1C4)Cc1ccccc1-2. The van der Waals surface area contributed by atoms with E-state index in [-0.39, 0.29) is 0 Å². The molecular weight excluding hydrogens is 422 g/mol. The summed E-state index contributed by atoms with van der Waals surface area (Å²) < 4.78 is 0. The molecule has 0 bridgehead atoms. The fraction of sp³-hybridized carbons (Fsp3) is 0.118. The Balaban J connectivity index is 1.36. The van der Waals surface area contributed by atoms with E-state index in [1.807, 2.05) is 0 Å². The quantitative estimate of drug-likeness (QED) is 0.228. The first-order chi connectivity index (χ1) is 17.3. The smallest absolute Gasteiger partial charge is 0.0539 e. The summed E-state index contributed by atoms with van der Waals surface area (Å²) in [4.78, 5) is 2.60. The van der Waals surface area contributed by atoms with Crippen molar-refractivity contribution >= 4 is 17.1 Å². The molecule has 1 heteroatoms. The first-order valence-electron chi connectivity index (χ1n) is 12.7. The molecule has 9 rings (SSSR count). The molecule has 35 heavy (non-hydrogen) atoms. The van der Waals surface area contributed by atoms with E-state index in [9.17, 15) is 0 Å². The molecular formula is C34H23N. The molecule has 0 saturated heterocycles. The van der Waals surface area contributed by atoms with Gasteiger partial charge in [-0.25, -0.2) is 0 Å². The lowest BCUT2D eigenvalue weighted by atomic mass is 9.81. The van der Waals surface area contributed by atoms with Gasteiger partial charge < -0.3 is 4.90 Å². The summed E-state index contributed by atoms with van der Waals surface area (Å²) in [5.41, 5.74) is 21.7. The van der Waals surface area contributed by atoms with Crippen LogP contribution in [0.5, 0.6) is 0 Å². The molecule has 2 aliphatic carbocycles. The molecule has 0 radical (unpaired) electrons. The van der Waals surface area contributed by atoms with Crippen molar-refractivity contribution in [2.75, 3.05) is 4.90 Å². The molecule has 4 aliphatic rings. The van der Waals surface area contributed by atoms with Crippen molar-refractivity contribution in [3.05, 3.63) is 136 Å². The minimum absolute atomic E-state index is 1.00. The van der Waals surface area contributed by atoms with E-state index in [1.54, 1.807) is 0 Å². The molecule has 0 amide bonds. The fourth-order valence-corrected chi connectivity index (χ4v) is 7.25. The summed E-state index contributed by atoms with van der Waals surface area (Å²) in [6.45, 7) is 0. The zero-order valence-corrected chi connectivity index (χ0v) is 19.4. The van der Waals surface area contributed by atoms with Crippen LogP contribution in [0.1, 0.15) is 44.5 Å². The number of rotatable bonds is 0. The largest absolute Gasteiger partial charge is 0.309 e. The van der Waals surface area contributed by atoms with E-state index < -0.39 is 0 Å². The average Bonchev–Trinajstić information content (AvgIpc) is 3.45. The van der Waals surface area contributed by atoms with Crippen molar-refractivity contribution < 1.29 is 0 Å². The van der Waals surface area contributed by atoms with Gasteiger partial charge in [-0.1, -0.05) is 72.8 Å². The third-order valence-corrected chi connectivity index (χ3v) is 8.67. The number of benzene rings is 5. The Kier molecular flexibility index (Phi) is 3.29. The van der Waals surface area contributed by atoms with Gasteiger partial charge in [-0.05, 0) is 97.8 Å². The Morgan fingerprint density at radius 1 is 0.429 bits per heavy atom. The van der Waals surface area contributed by atoms with Crippen LogP contribution in [-0.2, 0) is 25.7 Å². The molecule has 0 saturated carbocycles. The van der Waals surface area contributed by atoms with Crippen LogP contribution in [0.3, 0.4) is 0 Å². The third-order valence-electron chi connectivity index (χ3n) is 8.67. The second kappa shape index (κ2) is 6.31. The van der Waals surface area contributed by atoms with Gasteiger partial charge >= 0.3 is 0 Å². The summed E-state index contributed by atoms with van der Waals surface area (Å²) in [5.74, 6) is 0. The van der Waals surface area contributed by atoms with Crippen LogP contribution >= 0.6 is 0 Å². The third kappa shape index (κ3) is 2.29. The van der Waals surface area contributed by atoms with Gasteiger partial charge in [-0.2, -0.15) is 0 Å². The number of hydrogen-bond donors (Lipinski definition) is 0. The second-order valence-electron chi connectivity index (χ2n) is 10.5. The predicted octanol–water partition coefficient (Wildman–Crippen LogP) is 8.11. The van der Waals surface area contributed by atoms with E-state index >= 15 is 0 Å². The fourth-order valence-electron chi connectivity index (χ4n) is 7.25. The maximum absolute atomic E-state index is 2.60.